The smallest absolute Gasteiger partial charge is 0.407 e. The molecule has 4 rings (SSSR count). The summed E-state index contributed by atoms with van der Waals surface area (Å²) in [7, 11) is 0. The first-order valence-corrected chi connectivity index (χ1v) is 10.5. The Balaban J connectivity index is 1.34. The maximum absolute atomic E-state index is 12.2. The topological polar surface area (TPSA) is 55.4 Å². The maximum Gasteiger partial charge on any atom is 0.407 e. The van der Waals surface area contributed by atoms with Crippen LogP contribution in [-0.4, -0.2) is 25.5 Å². The Morgan fingerprint density at radius 1 is 0.933 bits per heavy atom. The number of nitrogens with one attached hydrogen (secondary N) is 1. The molecular weight excluding hydrogens is 442 g/mol. The highest BCUT2D eigenvalue weighted by molar-refractivity contribution is 9.10. The summed E-state index contributed by atoms with van der Waals surface area (Å²) in [6, 6.07) is 21.9. The van der Waals surface area contributed by atoms with Crippen molar-refractivity contribution in [3.05, 3.63) is 99.5 Å². The number of rotatable bonds is 6. The van der Waals surface area contributed by atoms with Gasteiger partial charge in [0, 0.05) is 22.5 Å². The number of amides is 1. The molecule has 30 heavy (non-hydrogen) atoms. The van der Waals surface area contributed by atoms with Gasteiger partial charge in [-0.25, -0.2) is 4.79 Å². The number of aldehydes is 1. The third-order valence-electron chi connectivity index (χ3n) is 5.19. The van der Waals surface area contributed by atoms with Gasteiger partial charge < -0.3 is 10.1 Å². The fraction of sp³-hybridized carbons (Fsp3) is 0.120. The van der Waals surface area contributed by atoms with Crippen LogP contribution in [0, 0.1) is 0 Å². The number of alkyl carbamates (subject to hydrolysis) is 1. The zero-order valence-electron chi connectivity index (χ0n) is 16.2. The van der Waals surface area contributed by atoms with Gasteiger partial charge in [-0.3, -0.25) is 4.79 Å². The molecule has 0 aromatic heterocycles. The Hall–Kier alpha value is -3.18. The lowest BCUT2D eigenvalue weighted by molar-refractivity contribution is 0.112. The van der Waals surface area contributed by atoms with Crippen LogP contribution < -0.4 is 5.32 Å². The van der Waals surface area contributed by atoms with Gasteiger partial charge in [0.15, 0.2) is 6.29 Å². The second kappa shape index (κ2) is 9.09. The zero-order chi connectivity index (χ0) is 20.9. The van der Waals surface area contributed by atoms with E-state index in [9.17, 15) is 9.59 Å². The van der Waals surface area contributed by atoms with Gasteiger partial charge in [0.1, 0.15) is 6.61 Å². The number of benzene rings is 3. The standard InChI is InChI=1S/C25H20BrNO3/c26-24-17(7-5-8-18(24)15-28)9-6-14-27-25(29)30-16-23-21-12-3-1-10-19(21)20-11-2-4-13-22(20)23/h1-13,15,23H,14,16H2,(H,27,29). The summed E-state index contributed by atoms with van der Waals surface area (Å²) in [5.41, 5.74) is 6.23. The summed E-state index contributed by atoms with van der Waals surface area (Å²) >= 11 is 3.42. The largest absolute Gasteiger partial charge is 0.449 e. The molecule has 3 aromatic carbocycles. The minimum Gasteiger partial charge on any atom is -0.449 e. The van der Waals surface area contributed by atoms with E-state index in [1.165, 1.54) is 22.3 Å². The lowest BCUT2D eigenvalue weighted by Crippen LogP contribution is -2.26. The Kier molecular flexibility index (Phi) is 6.10. The van der Waals surface area contributed by atoms with E-state index in [0.29, 0.717) is 12.1 Å². The van der Waals surface area contributed by atoms with E-state index in [1.54, 1.807) is 6.07 Å². The van der Waals surface area contributed by atoms with Crippen LogP contribution in [0.4, 0.5) is 4.79 Å². The third-order valence-corrected chi connectivity index (χ3v) is 6.11. The van der Waals surface area contributed by atoms with Crippen molar-refractivity contribution < 1.29 is 14.3 Å². The summed E-state index contributed by atoms with van der Waals surface area (Å²) < 4.78 is 6.25. The molecule has 0 saturated carbocycles. The number of fused-ring (bicyclic) bond motifs is 3. The highest BCUT2D eigenvalue weighted by Crippen LogP contribution is 2.44. The van der Waals surface area contributed by atoms with Gasteiger partial charge in [0.2, 0.25) is 0 Å². The molecule has 1 aliphatic rings. The number of halogens is 1. The second-order valence-electron chi connectivity index (χ2n) is 6.98. The van der Waals surface area contributed by atoms with Crippen molar-refractivity contribution in [1.82, 2.24) is 5.32 Å². The molecule has 1 N–H and O–H groups in total. The van der Waals surface area contributed by atoms with Gasteiger partial charge in [-0.1, -0.05) is 78.9 Å². The van der Waals surface area contributed by atoms with Gasteiger partial charge in [-0.05, 0) is 43.7 Å². The highest BCUT2D eigenvalue weighted by atomic mass is 79.9. The maximum atomic E-state index is 12.2. The average Bonchev–Trinajstić information content (AvgIpc) is 3.10. The molecular formula is C25H20BrNO3. The molecule has 150 valence electrons. The van der Waals surface area contributed by atoms with Crippen LogP contribution in [0.15, 0.2) is 77.3 Å². The first-order valence-electron chi connectivity index (χ1n) is 9.68. The molecule has 0 saturated heterocycles. The molecule has 3 aromatic rings. The third kappa shape index (κ3) is 4.07. The van der Waals surface area contributed by atoms with Gasteiger partial charge in [-0.2, -0.15) is 0 Å². The van der Waals surface area contributed by atoms with Gasteiger partial charge in [0.05, 0.1) is 0 Å². The summed E-state index contributed by atoms with van der Waals surface area (Å²) in [5, 5.41) is 2.74. The predicted octanol–water partition coefficient (Wildman–Crippen LogP) is 5.81. The minimum atomic E-state index is -0.456. The fourth-order valence-electron chi connectivity index (χ4n) is 3.77. The first-order chi connectivity index (χ1) is 14.7. The van der Waals surface area contributed by atoms with Crippen molar-refractivity contribution in [2.45, 2.75) is 5.92 Å². The Morgan fingerprint density at radius 2 is 1.57 bits per heavy atom. The van der Waals surface area contributed by atoms with Crippen LogP contribution in [0.5, 0.6) is 0 Å². The number of hydrogen-bond acceptors (Lipinski definition) is 3. The molecule has 0 spiro atoms. The average molecular weight is 462 g/mol. The summed E-state index contributed by atoms with van der Waals surface area (Å²) in [5.74, 6) is 0.0423. The molecule has 1 aliphatic carbocycles. The molecule has 0 bridgehead atoms. The zero-order valence-corrected chi connectivity index (χ0v) is 17.8. The molecule has 0 fully saturated rings. The predicted molar refractivity (Wildman–Crippen MR) is 122 cm³/mol. The van der Waals surface area contributed by atoms with Crippen LogP contribution >= 0.6 is 15.9 Å². The van der Waals surface area contributed by atoms with E-state index in [2.05, 4.69) is 45.5 Å². The molecule has 1 amide bonds. The summed E-state index contributed by atoms with van der Waals surface area (Å²) in [6.45, 7) is 0.616. The molecule has 0 unspecified atom stereocenters. The highest BCUT2D eigenvalue weighted by Gasteiger charge is 2.28. The van der Waals surface area contributed by atoms with Crippen molar-refractivity contribution in [3.63, 3.8) is 0 Å². The van der Waals surface area contributed by atoms with Crippen LogP contribution in [0.2, 0.25) is 0 Å². The molecule has 5 heteroatoms. The monoisotopic (exact) mass is 461 g/mol. The number of hydrogen-bond donors (Lipinski definition) is 1. The normalized spacial score (nSPS) is 12.4. The lowest BCUT2D eigenvalue weighted by Gasteiger charge is -2.14. The van der Waals surface area contributed by atoms with Crippen LogP contribution in [0.1, 0.15) is 33.0 Å². The van der Waals surface area contributed by atoms with Gasteiger partial charge >= 0.3 is 6.09 Å². The molecule has 0 radical (unpaired) electrons. The van der Waals surface area contributed by atoms with Crippen molar-refractivity contribution in [1.29, 1.82) is 0 Å². The first kappa shape index (κ1) is 20.1. The number of carbonyl (C=O) groups is 2. The lowest BCUT2D eigenvalue weighted by atomic mass is 9.98. The Labute approximate surface area is 183 Å². The van der Waals surface area contributed by atoms with E-state index >= 15 is 0 Å². The summed E-state index contributed by atoms with van der Waals surface area (Å²) in [4.78, 5) is 23.2. The Morgan fingerprint density at radius 3 is 2.23 bits per heavy atom. The molecule has 0 heterocycles. The molecule has 0 atom stereocenters. The van der Waals surface area contributed by atoms with Crippen molar-refractivity contribution in [2.75, 3.05) is 13.2 Å². The van der Waals surface area contributed by atoms with E-state index < -0.39 is 6.09 Å². The molecule has 0 aliphatic heterocycles. The van der Waals surface area contributed by atoms with Crippen LogP contribution in [-0.2, 0) is 4.74 Å². The Bertz CT molecular complexity index is 1080. The van der Waals surface area contributed by atoms with Gasteiger partial charge in [0.25, 0.3) is 0 Å². The van der Waals surface area contributed by atoms with Crippen molar-refractivity contribution in [3.8, 4) is 11.1 Å². The van der Waals surface area contributed by atoms with E-state index in [1.807, 2.05) is 48.6 Å². The van der Waals surface area contributed by atoms with E-state index in [-0.39, 0.29) is 12.5 Å². The van der Waals surface area contributed by atoms with Gasteiger partial charge in [-0.15, -0.1) is 0 Å². The van der Waals surface area contributed by atoms with Crippen molar-refractivity contribution in [2.24, 2.45) is 0 Å². The van der Waals surface area contributed by atoms with E-state index in [0.717, 1.165) is 16.3 Å². The molecule has 4 nitrogen and oxygen atoms in total. The second-order valence-corrected chi connectivity index (χ2v) is 7.77. The number of carbonyl (C=O) groups excluding carboxylic acids is 2. The van der Waals surface area contributed by atoms with Crippen molar-refractivity contribution >= 4 is 34.4 Å². The van der Waals surface area contributed by atoms with Crippen LogP contribution in [0.3, 0.4) is 0 Å². The minimum absolute atomic E-state index is 0.0423. The van der Waals surface area contributed by atoms with E-state index in [4.69, 9.17) is 4.74 Å². The number of ether oxygens (including phenoxy) is 1. The van der Waals surface area contributed by atoms with Crippen LogP contribution in [0.25, 0.3) is 17.2 Å². The quantitative estimate of drug-likeness (QED) is 0.470. The SMILES string of the molecule is O=Cc1cccc(C=CCNC(=O)OCC2c3ccccc3-c3ccccc32)c1Br. The summed E-state index contributed by atoms with van der Waals surface area (Å²) in [6.07, 6.45) is 4.01. The fourth-order valence-corrected chi connectivity index (χ4v) is 4.26.